The monoisotopic (exact) mass is 492 g/mol. The zero-order valence-corrected chi connectivity index (χ0v) is 20.0. The summed E-state index contributed by atoms with van der Waals surface area (Å²) in [6.45, 7) is 2.18. The zero-order valence-electron chi connectivity index (χ0n) is 20.0. The number of imide groups is 1. The van der Waals surface area contributed by atoms with Crippen molar-refractivity contribution in [1.82, 2.24) is 9.80 Å². The second-order valence-electron chi connectivity index (χ2n) is 9.81. The van der Waals surface area contributed by atoms with Crippen molar-refractivity contribution in [3.63, 3.8) is 0 Å². The lowest BCUT2D eigenvalue weighted by Gasteiger charge is -2.38. The van der Waals surface area contributed by atoms with Gasteiger partial charge in [0.2, 0.25) is 11.8 Å². The van der Waals surface area contributed by atoms with Gasteiger partial charge in [-0.2, -0.15) is 0 Å². The maximum atomic E-state index is 13.6. The number of halogens is 1. The maximum absolute atomic E-state index is 13.6. The number of hydrogen-bond donors (Lipinski definition) is 1. The number of carbonyl (C=O) groups excluding carboxylic acids is 4. The number of hydrogen-bond acceptors (Lipinski definition) is 5. The second-order valence-corrected chi connectivity index (χ2v) is 9.81. The van der Waals surface area contributed by atoms with Crippen LogP contribution in [-0.2, 0) is 16.1 Å². The molecule has 2 N–H and O–H groups in total. The van der Waals surface area contributed by atoms with Gasteiger partial charge in [-0.05, 0) is 55.5 Å². The summed E-state index contributed by atoms with van der Waals surface area (Å²) >= 11 is 0. The molecule has 5 rings (SSSR count). The highest BCUT2D eigenvalue weighted by Gasteiger charge is 2.39. The van der Waals surface area contributed by atoms with Crippen LogP contribution in [0, 0.1) is 17.7 Å². The van der Waals surface area contributed by atoms with Gasteiger partial charge >= 0.3 is 0 Å². The topological polar surface area (TPSA) is 104 Å². The molecule has 188 valence electrons. The number of nitrogens with zero attached hydrogens (tertiary/aromatic N) is 3. The Morgan fingerprint density at radius 2 is 1.69 bits per heavy atom. The van der Waals surface area contributed by atoms with Gasteiger partial charge in [0.25, 0.3) is 11.8 Å². The van der Waals surface area contributed by atoms with E-state index in [1.54, 1.807) is 29.2 Å². The Morgan fingerprint density at radius 3 is 2.42 bits per heavy atom. The Labute approximate surface area is 208 Å². The minimum atomic E-state index is -0.420. The first kappa shape index (κ1) is 24.0. The van der Waals surface area contributed by atoms with E-state index in [-0.39, 0.29) is 42.0 Å². The molecule has 36 heavy (non-hydrogen) atoms. The van der Waals surface area contributed by atoms with Gasteiger partial charge in [-0.25, -0.2) is 4.39 Å². The summed E-state index contributed by atoms with van der Waals surface area (Å²) in [7, 11) is 0. The molecule has 2 saturated heterocycles. The van der Waals surface area contributed by atoms with Gasteiger partial charge in [0.1, 0.15) is 5.82 Å². The SMILES string of the molecule is NC(=O)[C@H]1CCCN(C(=O)C2CCN(c3cccc4c3C(=O)N(Cc3cccc(F)c3)C4=O)CC2)C1. The molecule has 0 spiro atoms. The number of nitrogens with two attached hydrogens (primary N) is 1. The van der Waals surface area contributed by atoms with Crippen LogP contribution >= 0.6 is 0 Å². The van der Waals surface area contributed by atoms with E-state index in [1.165, 1.54) is 12.1 Å². The lowest BCUT2D eigenvalue weighted by atomic mass is 9.91. The third-order valence-electron chi connectivity index (χ3n) is 7.53. The minimum Gasteiger partial charge on any atom is -0.371 e. The van der Waals surface area contributed by atoms with E-state index < -0.39 is 5.82 Å². The van der Waals surface area contributed by atoms with Crippen molar-refractivity contribution in [3.05, 3.63) is 65.0 Å². The van der Waals surface area contributed by atoms with Gasteiger partial charge in [0, 0.05) is 32.1 Å². The Bertz CT molecular complexity index is 1220. The molecule has 3 aliphatic rings. The highest BCUT2D eigenvalue weighted by atomic mass is 19.1. The lowest BCUT2D eigenvalue weighted by molar-refractivity contribution is -0.139. The Morgan fingerprint density at radius 1 is 0.944 bits per heavy atom. The molecule has 0 bridgehead atoms. The van der Waals surface area contributed by atoms with E-state index in [4.69, 9.17) is 5.73 Å². The first-order valence-corrected chi connectivity index (χ1v) is 12.4. The summed E-state index contributed by atoms with van der Waals surface area (Å²) in [5, 5.41) is 0. The van der Waals surface area contributed by atoms with Crippen LogP contribution in [0.25, 0.3) is 0 Å². The minimum absolute atomic E-state index is 0.00224. The van der Waals surface area contributed by atoms with Gasteiger partial charge in [-0.1, -0.05) is 18.2 Å². The van der Waals surface area contributed by atoms with Crippen molar-refractivity contribution >= 4 is 29.3 Å². The van der Waals surface area contributed by atoms with Gasteiger partial charge in [0.15, 0.2) is 0 Å². The molecule has 0 unspecified atom stereocenters. The molecule has 3 heterocycles. The average Bonchev–Trinajstić information content (AvgIpc) is 3.13. The molecular formula is C27H29FN4O4. The molecule has 0 saturated carbocycles. The normalized spacial score (nSPS) is 20.6. The van der Waals surface area contributed by atoms with Crippen molar-refractivity contribution in [3.8, 4) is 0 Å². The van der Waals surface area contributed by atoms with Crippen molar-refractivity contribution in [2.45, 2.75) is 32.2 Å². The van der Waals surface area contributed by atoms with E-state index in [9.17, 15) is 23.6 Å². The molecule has 2 fully saturated rings. The Balaban J connectivity index is 1.28. The summed E-state index contributed by atoms with van der Waals surface area (Å²) in [6, 6.07) is 11.1. The molecule has 0 radical (unpaired) electrons. The summed E-state index contributed by atoms with van der Waals surface area (Å²) in [5.74, 6) is -1.92. The van der Waals surface area contributed by atoms with E-state index >= 15 is 0 Å². The van der Waals surface area contributed by atoms with Gasteiger partial charge in [-0.15, -0.1) is 0 Å². The van der Waals surface area contributed by atoms with E-state index in [1.807, 2.05) is 6.07 Å². The van der Waals surface area contributed by atoms with Crippen LogP contribution in [0.2, 0.25) is 0 Å². The largest absolute Gasteiger partial charge is 0.371 e. The van der Waals surface area contributed by atoms with Crippen LogP contribution in [0.1, 0.15) is 52.0 Å². The van der Waals surface area contributed by atoms with Gasteiger partial charge in [-0.3, -0.25) is 24.1 Å². The molecule has 2 aromatic rings. The first-order valence-electron chi connectivity index (χ1n) is 12.4. The summed E-state index contributed by atoms with van der Waals surface area (Å²) < 4.78 is 13.6. The molecule has 0 aliphatic carbocycles. The molecule has 0 aromatic heterocycles. The predicted octanol–water partition coefficient (Wildman–Crippen LogP) is 2.56. The number of carbonyl (C=O) groups is 4. The zero-order chi connectivity index (χ0) is 25.4. The summed E-state index contributed by atoms with van der Waals surface area (Å²) in [6.07, 6.45) is 2.74. The van der Waals surface area contributed by atoms with Crippen molar-refractivity contribution in [2.24, 2.45) is 17.6 Å². The predicted molar refractivity (Wildman–Crippen MR) is 130 cm³/mol. The number of piperidine rings is 2. The first-order chi connectivity index (χ1) is 17.3. The number of anilines is 1. The molecule has 3 aliphatic heterocycles. The Hall–Kier alpha value is -3.75. The van der Waals surface area contributed by atoms with E-state index in [2.05, 4.69) is 4.90 Å². The van der Waals surface area contributed by atoms with Gasteiger partial charge < -0.3 is 15.5 Å². The quantitative estimate of drug-likeness (QED) is 0.646. The molecule has 2 aromatic carbocycles. The third-order valence-corrected chi connectivity index (χ3v) is 7.53. The Kier molecular flexibility index (Phi) is 6.47. The number of fused-ring (bicyclic) bond motifs is 1. The van der Waals surface area contributed by atoms with Crippen LogP contribution in [0.3, 0.4) is 0 Å². The number of primary amides is 1. The molecule has 8 nitrogen and oxygen atoms in total. The van der Waals surface area contributed by atoms with Gasteiger partial charge in [0.05, 0.1) is 29.3 Å². The van der Waals surface area contributed by atoms with Crippen LogP contribution < -0.4 is 10.6 Å². The van der Waals surface area contributed by atoms with Crippen LogP contribution in [0.15, 0.2) is 42.5 Å². The fraction of sp³-hybridized carbons (Fsp3) is 0.407. The fourth-order valence-electron chi connectivity index (χ4n) is 5.58. The number of amides is 4. The summed E-state index contributed by atoms with van der Waals surface area (Å²) in [5.41, 5.74) is 7.40. The smallest absolute Gasteiger partial charge is 0.263 e. The average molecular weight is 493 g/mol. The van der Waals surface area contributed by atoms with Crippen molar-refractivity contribution < 1.29 is 23.6 Å². The van der Waals surface area contributed by atoms with Crippen molar-refractivity contribution in [2.75, 3.05) is 31.1 Å². The lowest BCUT2D eigenvalue weighted by Crippen LogP contribution is -2.48. The van der Waals surface area contributed by atoms with Crippen LogP contribution in [0.4, 0.5) is 10.1 Å². The van der Waals surface area contributed by atoms with Crippen LogP contribution in [0.5, 0.6) is 0 Å². The summed E-state index contributed by atoms with van der Waals surface area (Å²) in [4.78, 5) is 56.0. The van der Waals surface area contributed by atoms with E-state index in [0.29, 0.717) is 61.4 Å². The molecular weight excluding hydrogens is 463 g/mol. The molecule has 9 heteroatoms. The highest BCUT2D eigenvalue weighted by Crippen LogP contribution is 2.35. The molecule has 4 amide bonds. The number of likely N-dealkylation sites (tertiary alicyclic amines) is 1. The highest BCUT2D eigenvalue weighted by molar-refractivity contribution is 6.23. The standard InChI is InChI=1S/C27H29FN4O4/c28-20-6-1-4-17(14-20)15-32-26(35)21-7-2-8-22(23(21)27(32)36)30-12-9-18(10-13-30)25(34)31-11-3-5-19(16-31)24(29)33/h1-2,4,6-8,14,18-19H,3,5,9-13,15-16H2,(H2,29,33)/t19-/m0/s1. The number of rotatable bonds is 5. The van der Waals surface area contributed by atoms with E-state index in [0.717, 1.165) is 17.7 Å². The van der Waals surface area contributed by atoms with Crippen LogP contribution in [-0.4, -0.2) is 59.6 Å². The molecule has 1 atom stereocenters. The maximum Gasteiger partial charge on any atom is 0.263 e. The fourth-order valence-corrected chi connectivity index (χ4v) is 5.58. The third kappa shape index (κ3) is 4.45. The van der Waals surface area contributed by atoms with Crippen molar-refractivity contribution in [1.29, 1.82) is 0 Å². The second kappa shape index (κ2) is 9.72. The number of benzene rings is 2.